The van der Waals surface area contributed by atoms with Gasteiger partial charge in [-0.2, -0.15) is 5.10 Å². The van der Waals surface area contributed by atoms with Crippen LogP contribution in [0.3, 0.4) is 0 Å². The molecule has 4 rings (SSSR count). The van der Waals surface area contributed by atoms with E-state index >= 15 is 0 Å². The minimum absolute atomic E-state index is 0.00821. The molecule has 0 N–H and O–H groups in total. The number of hydrogen-bond acceptors (Lipinski definition) is 3. The monoisotopic (exact) mass is 430 g/mol. The Bertz CT molecular complexity index is 1020. The van der Waals surface area contributed by atoms with Gasteiger partial charge in [0.15, 0.2) is 0 Å². The number of nitrogens with zero attached hydrogens (tertiary/aromatic N) is 4. The lowest BCUT2D eigenvalue weighted by atomic mass is 9.84. The SMILES string of the molecule is Cc1ccccc1CN1CCC([C@@H](Cc2ccccc2)N(C)C(=O)c2ccn(C)n2)CC1. The Morgan fingerprint density at radius 1 is 1.06 bits per heavy atom. The molecule has 168 valence electrons. The van der Waals surface area contributed by atoms with Gasteiger partial charge in [-0.15, -0.1) is 0 Å². The summed E-state index contributed by atoms with van der Waals surface area (Å²) in [5.41, 5.74) is 4.57. The molecule has 1 saturated heterocycles. The van der Waals surface area contributed by atoms with Gasteiger partial charge in [-0.1, -0.05) is 54.6 Å². The van der Waals surface area contributed by atoms with Crippen LogP contribution in [0.5, 0.6) is 0 Å². The number of carbonyl (C=O) groups is 1. The lowest BCUT2D eigenvalue weighted by molar-refractivity contribution is 0.0578. The van der Waals surface area contributed by atoms with Gasteiger partial charge < -0.3 is 4.90 Å². The zero-order valence-electron chi connectivity index (χ0n) is 19.4. The molecule has 0 aliphatic carbocycles. The Hall–Kier alpha value is -2.92. The minimum Gasteiger partial charge on any atom is -0.337 e. The molecule has 0 unspecified atom stereocenters. The van der Waals surface area contributed by atoms with Gasteiger partial charge in [-0.05, 0) is 68.0 Å². The van der Waals surface area contributed by atoms with Crippen molar-refractivity contribution in [2.75, 3.05) is 20.1 Å². The van der Waals surface area contributed by atoms with Crippen LogP contribution < -0.4 is 0 Å². The number of amides is 1. The van der Waals surface area contributed by atoms with Gasteiger partial charge >= 0.3 is 0 Å². The van der Waals surface area contributed by atoms with Crippen LogP contribution in [0.15, 0.2) is 66.9 Å². The highest BCUT2D eigenvalue weighted by molar-refractivity contribution is 5.92. The van der Waals surface area contributed by atoms with Gasteiger partial charge in [0.05, 0.1) is 0 Å². The van der Waals surface area contributed by atoms with E-state index in [0.717, 1.165) is 38.9 Å². The zero-order valence-corrected chi connectivity index (χ0v) is 19.4. The second-order valence-electron chi connectivity index (χ2n) is 9.09. The van der Waals surface area contributed by atoms with Crippen molar-refractivity contribution < 1.29 is 4.79 Å². The van der Waals surface area contributed by atoms with E-state index in [-0.39, 0.29) is 11.9 Å². The molecule has 0 spiro atoms. The molecule has 0 saturated carbocycles. The largest absolute Gasteiger partial charge is 0.337 e. The number of aromatic nitrogens is 2. The highest BCUT2D eigenvalue weighted by Crippen LogP contribution is 2.28. The summed E-state index contributed by atoms with van der Waals surface area (Å²) in [6.45, 7) is 5.33. The summed E-state index contributed by atoms with van der Waals surface area (Å²) in [6.07, 6.45) is 4.90. The Labute approximate surface area is 191 Å². The van der Waals surface area contributed by atoms with Crippen molar-refractivity contribution in [3.63, 3.8) is 0 Å². The van der Waals surface area contributed by atoms with Crippen molar-refractivity contribution >= 4 is 5.91 Å². The summed E-state index contributed by atoms with van der Waals surface area (Å²) in [7, 11) is 3.80. The summed E-state index contributed by atoms with van der Waals surface area (Å²) >= 11 is 0. The third-order valence-electron chi connectivity index (χ3n) is 6.87. The first-order valence-corrected chi connectivity index (χ1v) is 11.6. The maximum atomic E-state index is 13.2. The number of benzene rings is 2. The molecule has 1 atom stereocenters. The number of likely N-dealkylation sites (tertiary alicyclic amines) is 1. The lowest BCUT2D eigenvalue weighted by Gasteiger charge is -2.40. The van der Waals surface area contributed by atoms with Crippen molar-refractivity contribution in [1.29, 1.82) is 0 Å². The highest BCUT2D eigenvalue weighted by atomic mass is 16.2. The van der Waals surface area contributed by atoms with Gasteiger partial charge in [0.2, 0.25) is 0 Å². The Morgan fingerprint density at radius 3 is 2.41 bits per heavy atom. The summed E-state index contributed by atoms with van der Waals surface area (Å²) in [4.78, 5) is 17.7. The fourth-order valence-corrected chi connectivity index (χ4v) is 4.86. The van der Waals surface area contributed by atoms with Crippen LogP contribution >= 0.6 is 0 Å². The molecule has 5 nitrogen and oxygen atoms in total. The predicted octanol–water partition coefficient (Wildman–Crippen LogP) is 4.32. The predicted molar refractivity (Wildman–Crippen MR) is 128 cm³/mol. The standard InChI is InChI=1S/C27H34N4O/c1-21-9-7-8-12-24(21)20-31-17-13-23(14-18-31)26(19-22-10-5-4-6-11-22)30(3)27(32)25-15-16-29(2)28-25/h4-12,15-16,23,26H,13-14,17-20H2,1-3H3/t26-/m1/s1. The average molecular weight is 431 g/mol. The normalized spacial score (nSPS) is 16.1. The van der Waals surface area contributed by atoms with E-state index in [1.54, 1.807) is 4.68 Å². The molecular formula is C27H34N4O. The fourth-order valence-electron chi connectivity index (χ4n) is 4.86. The third kappa shape index (κ3) is 5.28. The Morgan fingerprint density at radius 2 is 1.75 bits per heavy atom. The maximum Gasteiger partial charge on any atom is 0.274 e. The molecule has 2 aromatic carbocycles. The topological polar surface area (TPSA) is 41.4 Å². The second-order valence-corrected chi connectivity index (χ2v) is 9.09. The van der Waals surface area contributed by atoms with E-state index in [9.17, 15) is 4.79 Å². The lowest BCUT2D eigenvalue weighted by Crippen LogP contribution is -2.47. The molecule has 0 bridgehead atoms. The van der Waals surface area contributed by atoms with E-state index in [2.05, 4.69) is 65.5 Å². The summed E-state index contributed by atoms with van der Waals surface area (Å²) in [5, 5.41) is 4.35. The molecule has 1 aromatic heterocycles. The number of likely N-dealkylation sites (N-methyl/N-ethyl adjacent to an activating group) is 1. The van der Waals surface area contributed by atoms with E-state index < -0.39 is 0 Å². The first-order chi connectivity index (χ1) is 15.5. The van der Waals surface area contributed by atoms with Crippen LogP contribution in [0.2, 0.25) is 0 Å². The second kappa shape index (κ2) is 10.1. The van der Waals surface area contributed by atoms with Crippen LogP contribution in [-0.4, -0.2) is 51.7 Å². The van der Waals surface area contributed by atoms with Crippen LogP contribution in [0.25, 0.3) is 0 Å². The van der Waals surface area contributed by atoms with Gasteiger partial charge in [-0.3, -0.25) is 14.4 Å². The van der Waals surface area contributed by atoms with Crippen LogP contribution in [-0.2, 0) is 20.0 Å². The number of hydrogen-bond donors (Lipinski definition) is 0. The number of aryl methyl sites for hydroxylation is 2. The first-order valence-electron chi connectivity index (χ1n) is 11.6. The molecular weight excluding hydrogens is 396 g/mol. The van der Waals surface area contributed by atoms with Crippen LogP contribution in [0.1, 0.15) is 40.0 Å². The molecule has 2 heterocycles. The zero-order chi connectivity index (χ0) is 22.5. The van der Waals surface area contributed by atoms with E-state index in [0.29, 0.717) is 11.6 Å². The molecule has 1 aliphatic heterocycles. The fraction of sp³-hybridized carbons (Fsp3) is 0.407. The minimum atomic E-state index is 0.00821. The van der Waals surface area contributed by atoms with E-state index in [1.807, 2.05) is 37.3 Å². The van der Waals surface area contributed by atoms with Crippen LogP contribution in [0, 0.1) is 12.8 Å². The molecule has 1 fully saturated rings. The number of piperidine rings is 1. The third-order valence-corrected chi connectivity index (χ3v) is 6.87. The Kier molecular flexibility index (Phi) is 7.05. The molecule has 0 radical (unpaired) electrons. The van der Waals surface area contributed by atoms with Crippen LogP contribution in [0.4, 0.5) is 0 Å². The van der Waals surface area contributed by atoms with Crippen molar-refractivity contribution in [3.8, 4) is 0 Å². The Balaban J connectivity index is 1.46. The van der Waals surface area contributed by atoms with Crippen molar-refractivity contribution in [3.05, 3.63) is 89.2 Å². The molecule has 32 heavy (non-hydrogen) atoms. The average Bonchev–Trinajstić information content (AvgIpc) is 3.25. The van der Waals surface area contributed by atoms with Gasteiger partial charge in [0.1, 0.15) is 5.69 Å². The van der Waals surface area contributed by atoms with Crippen molar-refractivity contribution in [2.24, 2.45) is 13.0 Å². The number of rotatable bonds is 7. The van der Waals surface area contributed by atoms with Gasteiger partial charge in [0, 0.05) is 32.9 Å². The van der Waals surface area contributed by atoms with E-state index in [1.165, 1.54) is 16.7 Å². The van der Waals surface area contributed by atoms with Crippen molar-refractivity contribution in [2.45, 2.75) is 38.8 Å². The molecule has 3 aromatic rings. The van der Waals surface area contributed by atoms with Crippen molar-refractivity contribution in [1.82, 2.24) is 19.6 Å². The first kappa shape index (κ1) is 22.3. The summed E-state index contributed by atoms with van der Waals surface area (Å²) in [6, 6.07) is 21.2. The summed E-state index contributed by atoms with van der Waals surface area (Å²) in [5.74, 6) is 0.481. The summed E-state index contributed by atoms with van der Waals surface area (Å²) < 4.78 is 1.69. The van der Waals surface area contributed by atoms with E-state index in [4.69, 9.17) is 0 Å². The molecule has 1 amide bonds. The molecule has 5 heteroatoms. The van der Waals surface area contributed by atoms with Gasteiger partial charge in [-0.25, -0.2) is 0 Å². The smallest absolute Gasteiger partial charge is 0.274 e. The quantitative estimate of drug-likeness (QED) is 0.560. The van der Waals surface area contributed by atoms with Gasteiger partial charge in [0.25, 0.3) is 5.91 Å². The highest BCUT2D eigenvalue weighted by Gasteiger charge is 2.32. The molecule has 1 aliphatic rings. The number of carbonyl (C=O) groups excluding carboxylic acids is 1. The maximum absolute atomic E-state index is 13.2.